The number of rotatable bonds is 5. The first kappa shape index (κ1) is 20.4. The van der Waals surface area contributed by atoms with Crippen molar-refractivity contribution in [2.24, 2.45) is 7.05 Å². The third-order valence-corrected chi connectivity index (χ3v) is 5.47. The molecule has 160 valence electrons. The van der Waals surface area contributed by atoms with Gasteiger partial charge in [-0.05, 0) is 36.6 Å². The molecule has 0 radical (unpaired) electrons. The molecule has 1 aliphatic heterocycles. The predicted octanol–water partition coefficient (Wildman–Crippen LogP) is 1.72. The second-order valence-electron chi connectivity index (χ2n) is 7.50. The first-order chi connectivity index (χ1) is 14.9. The predicted molar refractivity (Wildman–Crippen MR) is 116 cm³/mol. The molecule has 0 aliphatic carbocycles. The summed E-state index contributed by atoms with van der Waals surface area (Å²) in [5, 5.41) is 21.8. The van der Waals surface area contributed by atoms with E-state index in [1.54, 1.807) is 12.3 Å². The molecule has 0 spiro atoms. The largest absolute Gasteiger partial charge is 0.506 e. The summed E-state index contributed by atoms with van der Waals surface area (Å²) in [5.41, 5.74) is 1.67. The smallest absolute Gasteiger partial charge is 0.322 e. The number of carboxylic acids is 1. The molecular formula is C22H22N4O5. The van der Waals surface area contributed by atoms with Crippen LogP contribution in [0.5, 0.6) is 5.75 Å². The lowest BCUT2D eigenvalue weighted by atomic mass is 10.0. The van der Waals surface area contributed by atoms with E-state index < -0.39 is 35.3 Å². The molecule has 3 heterocycles. The normalized spacial score (nSPS) is 13.5. The van der Waals surface area contributed by atoms with Gasteiger partial charge in [-0.2, -0.15) is 0 Å². The van der Waals surface area contributed by atoms with Gasteiger partial charge in [-0.1, -0.05) is 12.1 Å². The minimum absolute atomic E-state index is 0.219. The summed E-state index contributed by atoms with van der Waals surface area (Å²) in [7, 11) is 1.44. The molecule has 1 aromatic carbocycles. The summed E-state index contributed by atoms with van der Waals surface area (Å²) < 4.78 is 1.16. The third-order valence-electron chi connectivity index (χ3n) is 5.47. The highest BCUT2D eigenvalue weighted by Gasteiger charge is 2.22. The van der Waals surface area contributed by atoms with Crippen LogP contribution in [-0.4, -0.2) is 51.3 Å². The number of aliphatic carboxylic acids is 1. The quantitative estimate of drug-likeness (QED) is 0.572. The molecule has 1 aliphatic rings. The number of amides is 1. The van der Waals surface area contributed by atoms with Crippen LogP contribution < -0.4 is 15.8 Å². The van der Waals surface area contributed by atoms with Crippen molar-refractivity contribution < 1.29 is 19.8 Å². The highest BCUT2D eigenvalue weighted by Crippen LogP contribution is 2.31. The molecule has 1 amide bonds. The van der Waals surface area contributed by atoms with E-state index in [-0.39, 0.29) is 11.0 Å². The van der Waals surface area contributed by atoms with Crippen LogP contribution in [0.3, 0.4) is 0 Å². The van der Waals surface area contributed by atoms with Crippen LogP contribution in [0, 0.1) is 0 Å². The molecule has 0 saturated carbocycles. The van der Waals surface area contributed by atoms with E-state index in [1.165, 1.54) is 7.05 Å². The Morgan fingerprint density at radius 2 is 1.90 bits per heavy atom. The van der Waals surface area contributed by atoms with Crippen LogP contribution in [0.1, 0.15) is 23.2 Å². The Kier molecular flexibility index (Phi) is 5.33. The summed E-state index contributed by atoms with van der Waals surface area (Å²) >= 11 is 0. The Morgan fingerprint density at radius 3 is 2.61 bits per heavy atom. The fourth-order valence-corrected chi connectivity index (χ4v) is 3.86. The number of fused-ring (bicyclic) bond motifs is 1. The Labute approximate surface area is 177 Å². The lowest BCUT2D eigenvalue weighted by Crippen LogP contribution is -2.35. The van der Waals surface area contributed by atoms with E-state index in [4.69, 9.17) is 5.11 Å². The van der Waals surface area contributed by atoms with Gasteiger partial charge in [0.05, 0.1) is 5.39 Å². The Hall–Kier alpha value is -3.88. The van der Waals surface area contributed by atoms with Gasteiger partial charge in [-0.15, -0.1) is 0 Å². The van der Waals surface area contributed by atoms with Gasteiger partial charge in [0.15, 0.2) is 0 Å². The number of aromatic hydroxyl groups is 1. The van der Waals surface area contributed by atoms with Crippen LogP contribution in [-0.2, 0) is 11.8 Å². The van der Waals surface area contributed by atoms with Gasteiger partial charge in [-0.3, -0.25) is 19.0 Å². The van der Waals surface area contributed by atoms with E-state index in [0.717, 1.165) is 47.3 Å². The van der Waals surface area contributed by atoms with Crippen molar-refractivity contribution in [1.29, 1.82) is 0 Å². The second kappa shape index (κ2) is 8.10. The molecule has 9 nitrogen and oxygen atoms in total. The molecule has 9 heteroatoms. The van der Waals surface area contributed by atoms with Crippen molar-refractivity contribution in [3.05, 3.63) is 52.4 Å². The van der Waals surface area contributed by atoms with Gasteiger partial charge < -0.3 is 20.4 Å². The van der Waals surface area contributed by atoms with Crippen molar-refractivity contribution >= 4 is 28.6 Å². The van der Waals surface area contributed by atoms with E-state index >= 15 is 0 Å². The summed E-state index contributed by atoms with van der Waals surface area (Å²) in [4.78, 5) is 42.3. The maximum Gasteiger partial charge on any atom is 0.322 e. The van der Waals surface area contributed by atoms with Gasteiger partial charge >= 0.3 is 5.97 Å². The number of carbonyl (C=O) groups is 2. The number of aromatic nitrogens is 2. The first-order valence-electron chi connectivity index (χ1n) is 9.94. The zero-order valence-electron chi connectivity index (χ0n) is 17.0. The van der Waals surface area contributed by atoms with Crippen LogP contribution in [0.2, 0.25) is 0 Å². The average molecular weight is 422 g/mol. The van der Waals surface area contributed by atoms with Crippen molar-refractivity contribution in [3.8, 4) is 16.9 Å². The van der Waals surface area contributed by atoms with Crippen molar-refractivity contribution in [1.82, 2.24) is 14.9 Å². The van der Waals surface area contributed by atoms with Crippen LogP contribution in [0.4, 0.5) is 5.69 Å². The van der Waals surface area contributed by atoms with Gasteiger partial charge in [-0.25, -0.2) is 4.98 Å². The topological polar surface area (TPSA) is 125 Å². The fourth-order valence-electron chi connectivity index (χ4n) is 3.86. The van der Waals surface area contributed by atoms with E-state index in [2.05, 4.69) is 21.3 Å². The third kappa shape index (κ3) is 3.81. The summed E-state index contributed by atoms with van der Waals surface area (Å²) in [6.07, 6.45) is 3.95. The number of benzene rings is 1. The number of anilines is 1. The minimum Gasteiger partial charge on any atom is -0.506 e. The Bertz CT molecular complexity index is 1240. The van der Waals surface area contributed by atoms with Gasteiger partial charge in [0.25, 0.3) is 11.5 Å². The zero-order valence-corrected chi connectivity index (χ0v) is 17.0. The van der Waals surface area contributed by atoms with Crippen LogP contribution >= 0.6 is 0 Å². The van der Waals surface area contributed by atoms with Crippen LogP contribution in [0.15, 0.2) is 41.3 Å². The number of pyridine rings is 2. The lowest BCUT2D eigenvalue weighted by Gasteiger charge is -2.18. The minimum atomic E-state index is -1.26. The monoisotopic (exact) mass is 422 g/mol. The van der Waals surface area contributed by atoms with Crippen molar-refractivity contribution in [2.75, 3.05) is 24.5 Å². The van der Waals surface area contributed by atoms with Gasteiger partial charge in [0.2, 0.25) is 0 Å². The van der Waals surface area contributed by atoms with Gasteiger partial charge in [0.1, 0.15) is 23.5 Å². The number of nitrogens with one attached hydrogen (secondary N) is 1. The molecule has 2 aromatic heterocycles. The Balaban J connectivity index is 1.80. The molecule has 0 unspecified atom stereocenters. The molecular weight excluding hydrogens is 400 g/mol. The lowest BCUT2D eigenvalue weighted by molar-refractivity contribution is -0.135. The van der Waals surface area contributed by atoms with Crippen LogP contribution in [0.25, 0.3) is 22.2 Å². The van der Waals surface area contributed by atoms with Crippen molar-refractivity contribution in [3.63, 3.8) is 0 Å². The molecule has 0 atom stereocenters. The number of hydrogen-bond donors (Lipinski definition) is 3. The number of carboxylic acid groups (broad SMARTS) is 1. The molecule has 4 rings (SSSR count). The summed E-state index contributed by atoms with van der Waals surface area (Å²) in [5.74, 6) is -2.73. The zero-order chi connectivity index (χ0) is 22.1. The SMILES string of the molecule is Cn1c(=O)c(C(=O)NCC(=O)O)c(O)c2cc(-c3cccc(N4CCCC4)c3)cnc21. The molecule has 1 saturated heterocycles. The van der Waals surface area contributed by atoms with E-state index in [0.29, 0.717) is 0 Å². The first-order valence-corrected chi connectivity index (χ1v) is 9.94. The fraction of sp³-hybridized carbons (Fsp3) is 0.273. The molecule has 1 fully saturated rings. The Morgan fingerprint density at radius 1 is 1.16 bits per heavy atom. The second-order valence-corrected chi connectivity index (χ2v) is 7.50. The molecule has 31 heavy (non-hydrogen) atoms. The van der Waals surface area contributed by atoms with E-state index in [9.17, 15) is 19.5 Å². The molecule has 3 N–H and O–H groups in total. The highest BCUT2D eigenvalue weighted by atomic mass is 16.4. The maximum atomic E-state index is 12.6. The van der Waals surface area contributed by atoms with Gasteiger partial charge in [0, 0.05) is 37.6 Å². The highest BCUT2D eigenvalue weighted by molar-refractivity contribution is 6.03. The van der Waals surface area contributed by atoms with E-state index in [1.807, 2.05) is 18.2 Å². The number of hydrogen-bond acceptors (Lipinski definition) is 6. The molecule has 0 bridgehead atoms. The average Bonchev–Trinajstić information content (AvgIpc) is 3.31. The number of nitrogens with zero attached hydrogens (tertiary/aromatic N) is 3. The van der Waals surface area contributed by atoms with Crippen molar-refractivity contribution in [2.45, 2.75) is 12.8 Å². The standard InChI is InChI=1S/C22H22N4O5/c1-25-20-16(19(29)18(22(25)31)21(30)24-12-17(27)28)10-14(11-23-20)13-5-4-6-15(9-13)26-7-2-3-8-26/h4-6,9-11,29H,2-3,7-8,12H2,1H3,(H,24,30)(H,27,28). The molecule has 3 aromatic rings. The summed E-state index contributed by atoms with van der Waals surface area (Å²) in [6, 6.07) is 9.66. The number of carbonyl (C=O) groups excluding carboxylic acids is 1. The number of aryl methyl sites for hydroxylation is 1. The maximum absolute atomic E-state index is 12.6. The summed E-state index contributed by atoms with van der Waals surface area (Å²) in [6.45, 7) is 1.36.